The molecule has 0 atom stereocenters. The first-order valence-electron chi connectivity index (χ1n) is 8.80. The van der Waals surface area contributed by atoms with E-state index < -0.39 is 0 Å². The Balaban J connectivity index is 1.78. The zero-order valence-electron chi connectivity index (χ0n) is 14.6. The fourth-order valence-electron chi connectivity index (χ4n) is 3.86. The number of benzene rings is 1. The molecule has 2 aliphatic rings. The minimum absolute atomic E-state index is 0.155. The lowest BCUT2D eigenvalue weighted by atomic mass is 9.80. The monoisotopic (exact) mass is 329 g/mol. The third-order valence-electron chi connectivity index (χ3n) is 5.40. The van der Waals surface area contributed by atoms with Crippen LogP contribution < -0.4 is 0 Å². The topological polar surface area (TPSA) is 38.8 Å². The molecule has 1 aromatic rings. The van der Waals surface area contributed by atoms with Gasteiger partial charge in [-0.2, -0.15) is 0 Å². The molecular weight excluding hydrogens is 302 g/mol. The summed E-state index contributed by atoms with van der Waals surface area (Å²) in [5, 5.41) is 0. The second-order valence-corrected chi connectivity index (χ2v) is 6.97. The van der Waals surface area contributed by atoms with Crippen LogP contribution >= 0.6 is 0 Å². The number of nitrogens with zero attached hydrogens (tertiary/aromatic N) is 1. The van der Waals surface area contributed by atoms with Crippen LogP contribution in [0.4, 0.5) is 0 Å². The minimum atomic E-state index is -0.263. The smallest absolute Gasteiger partial charge is 0.337 e. The standard InChI is InChI=1S/C20H27NO3/c1-3-20(8-11-24-12-9-20)15-21-10-4-5-16-6-7-17(19(22)23-2)13-18(16)14-21/h3,6-7,13H,1,4-5,8-12,14-15H2,2H3. The van der Waals surface area contributed by atoms with Gasteiger partial charge in [0.05, 0.1) is 12.7 Å². The van der Waals surface area contributed by atoms with Crippen molar-refractivity contribution >= 4 is 5.97 Å². The fourth-order valence-corrected chi connectivity index (χ4v) is 3.86. The summed E-state index contributed by atoms with van der Waals surface area (Å²) in [6.07, 6.45) is 6.43. The summed E-state index contributed by atoms with van der Waals surface area (Å²) in [5.41, 5.74) is 3.40. The number of hydrogen-bond donors (Lipinski definition) is 0. The van der Waals surface area contributed by atoms with Crippen molar-refractivity contribution in [3.63, 3.8) is 0 Å². The zero-order valence-corrected chi connectivity index (χ0v) is 14.6. The largest absolute Gasteiger partial charge is 0.465 e. The molecule has 0 bridgehead atoms. The number of rotatable bonds is 4. The Kier molecular flexibility index (Phi) is 5.36. The van der Waals surface area contributed by atoms with E-state index in [4.69, 9.17) is 9.47 Å². The molecule has 0 aliphatic carbocycles. The molecule has 0 unspecified atom stereocenters. The van der Waals surface area contributed by atoms with Crippen LogP contribution in [0.1, 0.15) is 40.7 Å². The quantitative estimate of drug-likeness (QED) is 0.628. The third-order valence-corrected chi connectivity index (χ3v) is 5.40. The highest BCUT2D eigenvalue weighted by Gasteiger charge is 2.32. The van der Waals surface area contributed by atoms with Gasteiger partial charge < -0.3 is 9.47 Å². The van der Waals surface area contributed by atoms with Gasteiger partial charge in [-0.25, -0.2) is 4.79 Å². The summed E-state index contributed by atoms with van der Waals surface area (Å²) in [7, 11) is 1.43. The molecule has 1 fully saturated rings. The lowest BCUT2D eigenvalue weighted by Crippen LogP contribution is -2.40. The fraction of sp³-hybridized carbons (Fsp3) is 0.550. The van der Waals surface area contributed by atoms with Crippen molar-refractivity contribution in [1.82, 2.24) is 4.90 Å². The van der Waals surface area contributed by atoms with Gasteiger partial charge in [-0.1, -0.05) is 12.1 Å². The van der Waals surface area contributed by atoms with Crippen molar-refractivity contribution in [2.75, 3.05) is 33.4 Å². The van der Waals surface area contributed by atoms with Crippen LogP contribution in [0.15, 0.2) is 30.9 Å². The van der Waals surface area contributed by atoms with Crippen LogP contribution in [-0.2, 0) is 22.4 Å². The highest BCUT2D eigenvalue weighted by Crippen LogP contribution is 2.34. The molecule has 0 amide bonds. The second-order valence-electron chi connectivity index (χ2n) is 6.97. The van der Waals surface area contributed by atoms with Crippen molar-refractivity contribution in [2.24, 2.45) is 5.41 Å². The minimum Gasteiger partial charge on any atom is -0.465 e. The van der Waals surface area contributed by atoms with E-state index in [9.17, 15) is 4.79 Å². The van der Waals surface area contributed by atoms with E-state index in [0.717, 1.165) is 58.5 Å². The van der Waals surface area contributed by atoms with E-state index in [1.165, 1.54) is 18.2 Å². The van der Waals surface area contributed by atoms with Gasteiger partial charge in [0.25, 0.3) is 0 Å². The van der Waals surface area contributed by atoms with Crippen LogP contribution in [0.2, 0.25) is 0 Å². The summed E-state index contributed by atoms with van der Waals surface area (Å²) in [6, 6.07) is 5.97. The summed E-state index contributed by atoms with van der Waals surface area (Å²) >= 11 is 0. The molecule has 130 valence electrons. The van der Waals surface area contributed by atoms with Crippen molar-refractivity contribution in [3.05, 3.63) is 47.5 Å². The number of ether oxygens (including phenoxy) is 2. The molecule has 0 aromatic heterocycles. The van der Waals surface area contributed by atoms with E-state index in [1.54, 1.807) is 0 Å². The number of carbonyl (C=O) groups is 1. The van der Waals surface area contributed by atoms with E-state index in [0.29, 0.717) is 5.56 Å². The number of hydrogen-bond acceptors (Lipinski definition) is 4. The SMILES string of the molecule is C=CC1(CN2CCCc3ccc(C(=O)OC)cc3C2)CCOCC1. The average Bonchev–Trinajstić information content (AvgIpc) is 2.82. The van der Waals surface area contributed by atoms with Crippen LogP contribution in [0.25, 0.3) is 0 Å². The molecule has 0 N–H and O–H groups in total. The maximum Gasteiger partial charge on any atom is 0.337 e. The Hall–Kier alpha value is -1.65. The summed E-state index contributed by atoms with van der Waals surface area (Å²) in [5.74, 6) is -0.263. The van der Waals surface area contributed by atoms with Crippen LogP contribution in [0, 0.1) is 5.41 Å². The highest BCUT2D eigenvalue weighted by atomic mass is 16.5. The Bertz CT molecular complexity index is 605. The summed E-state index contributed by atoms with van der Waals surface area (Å²) in [4.78, 5) is 14.3. The molecule has 4 heteroatoms. The van der Waals surface area contributed by atoms with Gasteiger partial charge >= 0.3 is 5.97 Å². The van der Waals surface area contributed by atoms with Crippen molar-refractivity contribution in [3.8, 4) is 0 Å². The molecule has 1 saturated heterocycles. The van der Waals surface area contributed by atoms with Crippen molar-refractivity contribution < 1.29 is 14.3 Å². The lowest BCUT2D eigenvalue weighted by Gasteiger charge is -2.38. The highest BCUT2D eigenvalue weighted by molar-refractivity contribution is 5.89. The number of esters is 1. The average molecular weight is 329 g/mol. The number of carbonyl (C=O) groups excluding carboxylic acids is 1. The van der Waals surface area contributed by atoms with E-state index in [2.05, 4.69) is 23.6 Å². The number of methoxy groups -OCH3 is 1. The van der Waals surface area contributed by atoms with Gasteiger partial charge in [0.2, 0.25) is 0 Å². The van der Waals surface area contributed by atoms with Gasteiger partial charge in [0, 0.05) is 31.7 Å². The van der Waals surface area contributed by atoms with Crippen molar-refractivity contribution in [1.29, 1.82) is 0 Å². The first-order valence-corrected chi connectivity index (χ1v) is 8.80. The van der Waals surface area contributed by atoms with Crippen molar-refractivity contribution in [2.45, 2.75) is 32.2 Å². The Morgan fingerprint density at radius 1 is 1.38 bits per heavy atom. The molecule has 2 heterocycles. The first kappa shape index (κ1) is 17.2. The lowest BCUT2D eigenvalue weighted by molar-refractivity contribution is 0.0186. The number of fused-ring (bicyclic) bond motifs is 1. The van der Waals surface area contributed by atoms with Crippen LogP contribution in [0.5, 0.6) is 0 Å². The normalized spacial score (nSPS) is 20.7. The molecule has 4 nitrogen and oxygen atoms in total. The van der Waals surface area contributed by atoms with Gasteiger partial charge in [0.1, 0.15) is 0 Å². The molecule has 1 aromatic carbocycles. The molecular formula is C20H27NO3. The van der Waals surface area contributed by atoms with Gasteiger partial charge in [-0.15, -0.1) is 6.58 Å². The third kappa shape index (κ3) is 3.70. The number of aryl methyl sites for hydroxylation is 1. The van der Waals surface area contributed by atoms with Crippen LogP contribution in [0.3, 0.4) is 0 Å². The molecule has 0 saturated carbocycles. The molecule has 24 heavy (non-hydrogen) atoms. The summed E-state index contributed by atoms with van der Waals surface area (Å²) < 4.78 is 10.4. The predicted molar refractivity (Wildman–Crippen MR) is 94.1 cm³/mol. The molecule has 2 aliphatic heterocycles. The maximum atomic E-state index is 11.8. The van der Waals surface area contributed by atoms with E-state index >= 15 is 0 Å². The predicted octanol–water partition coefficient (Wildman–Crippen LogP) is 3.20. The van der Waals surface area contributed by atoms with Crippen LogP contribution in [-0.4, -0.2) is 44.3 Å². The molecule has 0 radical (unpaired) electrons. The van der Waals surface area contributed by atoms with Gasteiger partial charge in [-0.05, 0) is 55.5 Å². The van der Waals surface area contributed by atoms with Gasteiger partial charge in [0.15, 0.2) is 0 Å². The second kappa shape index (κ2) is 7.49. The molecule has 3 rings (SSSR count). The Labute approximate surface area is 144 Å². The van der Waals surface area contributed by atoms with E-state index in [-0.39, 0.29) is 11.4 Å². The van der Waals surface area contributed by atoms with E-state index in [1.807, 2.05) is 12.1 Å². The van der Waals surface area contributed by atoms with Gasteiger partial charge in [-0.3, -0.25) is 4.90 Å². The zero-order chi connectivity index (χ0) is 17.0. The first-order chi connectivity index (χ1) is 11.7. The molecule has 0 spiro atoms. The Morgan fingerprint density at radius 2 is 2.17 bits per heavy atom. The maximum absolute atomic E-state index is 11.8. The summed E-state index contributed by atoms with van der Waals surface area (Å²) in [6.45, 7) is 8.72. The Morgan fingerprint density at radius 3 is 2.88 bits per heavy atom.